The van der Waals surface area contributed by atoms with Crippen molar-refractivity contribution in [2.75, 3.05) is 20.2 Å². The van der Waals surface area contributed by atoms with Gasteiger partial charge in [-0.2, -0.15) is 0 Å². The molecule has 3 heterocycles. The summed E-state index contributed by atoms with van der Waals surface area (Å²) in [5, 5.41) is 27.5. The quantitative estimate of drug-likeness (QED) is 0.270. The number of piperidine rings is 1. The van der Waals surface area contributed by atoms with Gasteiger partial charge in [0, 0.05) is 42.0 Å². The fourth-order valence-electron chi connectivity index (χ4n) is 11.4. The van der Waals surface area contributed by atoms with Gasteiger partial charge < -0.3 is 19.7 Å². The van der Waals surface area contributed by atoms with E-state index in [-0.39, 0.29) is 34.0 Å². The molecule has 2 saturated heterocycles. The smallest absolute Gasteiger partial charge is 0.328 e. The van der Waals surface area contributed by atoms with Crippen molar-refractivity contribution in [1.29, 1.82) is 0 Å². The molecule has 1 aromatic carbocycles. The van der Waals surface area contributed by atoms with Crippen LogP contribution in [0.15, 0.2) is 12.1 Å². The van der Waals surface area contributed by atoms with Crippen LogP contribution >= 0.6 is 0 Å². The number of rotatable bonds is 8. The number of carbonyl (C=O) groups is 3. The molecule has 4 saturated carbocycles. The first kappa shape index (κ1) is 34.7. The fourth-order valence-corrected chi connectivity index (χ4v) is 11.4. The van der Waals surface area contributed by atoms with Gasteiger partial charge in [0.1, 0.15) is 17.1 Å². The number of phenols is 1. The van der Waals surface area contributed by atoms with Crippen molar-refractivity contribution in [2.45, 2.75) is 141 Å². The van der Waals surface area contributed by atoms with Crippen molar-refractivity contribution < 1.29 is 34.1 Å². The highest BCUT2D eigenvalue weighted by atomic mass is 16.6. The number of amides is 4. The number of aliphatic hydroxyl groups is 1. The lowest BCUT2D eigenvalue weighted by Crippen LogP contribution is -2.83. The third kappa shape index (κ3) is 4.57. The number of carbonyl (C=O) groups excluding carboxylic acids is 3. The highest BCUT2D eigenvalue weighted by molar-refractivity contribution is 6.19. The molecule has 0 aromatic heterocycles. The molecular weight excluding hydrogens is 622 g/mol. The molecule has 1 aromatic rings. The second-order valence-corrected chi connectivity index (χ2v) is 17.6. The number of fused-ring (bicyclic) bond motifs is 2. The SMILES string of the molecule is CCCCC1(CC)C(=O)NC(=O)NC1=O.CO[C@@]12CC[C@@]3(C[C@@H]1[C@](C)(O)C(C)(C)C)[C@H]1Cc4ccc(O)c5c4[C@@]3(CCN1CC1CC1)[C@H]2O5. The summed E-state index contributed by atoms with van der Waals surface area (Å²) in [6.07, 6.45) is 10.2. The summed E-state index contributed by atoms with van der Waals surface area (Å²) in [6, 6.07) is 3.74. The predicted molar refractivity (Wildman–Crippen MR) is 184 cm³/mol. The molecule has 9 rings (SSSR count). The summed E-state index contributed by atoms with van der Waals surface area (Å²) < 4.78 is 13.5. The molecule has 4 N–H and O–H groups in total. The predicted octanol–water partition coefficient (Wildman–Crippen LogP) is 5.35. The van der Waals surface area contributed by atoms with Gasteiger partial charge in [-0.1, -0.05) is 53.5 Å². The van der Waals surface area contributed by atoms with Crippen LogP contribution < -0.4 is 15.4 Å². The number of imide groups is 2. The van der Waals surface area contributed by atoms with Crippen LogP contribution in [0.4, 0.5) is 4.79 Å². The lowest BCUT2D eigenvalue weighted by atomic mass is 9.33. The minimum atomic E-state index is -1.05. The van der Waals surface area contributed by atoms with Gasteiger partial charge in [-0.25, -0.2) is 4.79 Å². The van der Waals surface area contributed by atoms with Crippen molar-refractivity contribution in [2.24, 2.45) is 28.1 Å². The number of unbranched alkanes of at least 4 members (excludes halogenated alkanes) is 1. The maximum Gasteiger partial charge on any atom is 0.328 e. The number of hydrogen-bond acceptors (Lipinski definition) is 8. The molecule has 4 amide bonds. The topological polar surface area (TPSA) is 137 Å². The van der Waals surface area contributed by atoms with E-state index in [1.54, 1.807) is 6.92 Å². The van der Waals surface area contributed by atoms with Crippen molar-refractivity contribution in [3.05, 3.63) is 23.3 Å². The van der Waals surface area contributed by atoms with E-state index in [1.165, 1.54) is 30.5 Å². The van der Waals surface area contributed by atoms with Crippen LogP contribution in [0.3, 0.4) is 0 Å². The highest BCUT2D eigenvalue weighted by Gasteiger charge is 2.82. The number of urea groups is 1. The Balaban J connectivity index is 0.000000214. The lowest BCUT2D eigenvalue weighted by molar-refractivity contribution is -0.312. The Bertz CT molecular complexity index is 1530. The number of nitrogens with zero attached hydrogens (tertiary/aromatic N) is 1. The average Bonchev–Trinajstić information content (AvgIpc) is 3.79. The molecule has 0 unspecified atom stereocenters. The molecule has 5 aliphatic carbocycles. The first-order valence-corrected chi connectivity index (χ1v) is 18.8. The number of barbiturate groups is 1. The number of likely N-dealkylation sites (tertiary alicyclic amines) is 1. The Morgan fingerprint density at radius 3 is 2.33 bits per heavy atom. The normalized spacial score (nSPS) is 36.5. The largest absolute Gasteiger partial charge is 0.504 e. The van der Waals surface area contributed by atoms with Gasteiger partial charge in [-0.15, -0.1) is 0 Å². The van der Waals surface area contributed by atoms with E-state index < -0.39 is 34.5 Å². The maximum atomic E-state index is 12.2. The van der Waals surface area contributed by atoms with Crippen LogP contribution in [0.1, 0.15) is 117 Å². The summed E-state index contributed by atoms with van der Waals surface area (Å²) >= 11 is 0. The van der Waals surface area contributed by atoms with Gasteiger partial charge in [0.05, 0.1) is 5.60 Å². The van der Waals surface area contributed by atoms with Crippen LogP contribution in [-0.4, -0.2) is 76.5 Å². The Morgan fingerprint density at radius 1 is 1.04 bits per heavy atom. The summed E-state index contributed by atoms with van der Waals surface area (Å²) in [4.78, 5) is 37.1. The number of aromatic hydroxyl groups is 1. The zero-order valence-electron chi connectivity index (χ0n) is 30.5. The van der Waals surface area contributed by atoms with Gasteiger partial charge in [-0.3, -0.25) is 25.1 Å². The number of hydrogen-bond donors (Lipinski definition) is 4. The summed E-state index contributed by atoms with van der Waals surface area (Å²) in [7, 11) is 1.83. The molecule has 2 spiro atoms. The van der Waals surface area contributed by atoms with Gasteiger partial charge in [0.25, 0.3) is 0 Å². The van der Waals surface area contributed by atoms with E-state index in [0.29, 0.717) is 24.6 Å². The minimum Gasteiger partial charge on any atom is -0.504 e. The molecule has 3 aliphatic heterocycles. The molecule has 8 aliphatic rings. The third-order valence-electron chi connectivity index (χ3n) is 14.7. The van der Waals surface area contributed by atoms with Gasteiger partial charge in [-0.05, 0) is 94.2 Å². The monoisotopic (exact) mass is 679 g/mol. The zero-order chi connectivity index (χ0) is 35.4. The average molecular weight is 680 g/mol. The number of methoxy groups -OCH3 is 1. The molecule has 6 fully saturated rings. The zero-order valence-corrected chi connectivity index (χ0v) is 30.5. The second-order valence-electron chi connectivity index (χ2n) is 17.6. The summed E-state index contributed by atoms with van der Waals surface area (Å²) in [5.41, 5.74) is -0.269. The number of benzene rings is 1. The van der Waals surface area contributed by atoms with Crippen LogP contribution in [0.5, 0.6) is 11.5 Å². The van der Waals surface area contributed by atoms with E-state index in [4.69, 9.17) is 9.47 Å². The van der Waals surface area contributed by atoms with Crippen LogP contribution in [-0.2, 0) is 26.2 Å². The van der Waals surface area contributed by atoms with Crippen molar-refractivity contribution >= 4 is 17.8 Å². The molecular formula is C39H57N3O7. The van der Waals surface area contributed by atoms with E-state index >= 15 is 0 Å². The molecule has 10 nitrogen and oxygen atoms in total. The maximum absolute atomic E-state index is 12.2. The summed E-state index contributed by atoms with van der Waals surface area (Å²) in [6.45, 7) is 14.6. The number of nitrogens with one attached hydrogen (secondary N) is 2. The Kier molecular flexibility index (Phi) is 8.09. The standard InChI is InChI=1S/C29H41NO4.C10H16N2O3/c1-25(2,3)26(4,32)20-15-27-10-11-29(20,33-5)24-28(27)12-13-30(16-17-6-7-17)21(27)14-18-8-9-19(31)23(34-24)22(18)28;1-3-5-6-10(4-2)7(13)11-9(15)12-8(10)14/h8-9,17,20-21,24,31-32H,6-7,10-16H2,1-5H3;3-6H2,1-2H3,(H2,11,12,13,14,15)/t20-,21-,24-,26+,27-,28+,29+;/m1./s1. The van der Waals surface area contributed by atoms with Crippen molar-refractivity contribution in [3.63, 3.8) is 0 Å². The first-order valence-electron chi connectivity index (χ1n) is 18.8. The fraction of sp³-hybridized carbons (Fsp3) is 0.769. The van der Waals surface area contributed by atoms with Crippen LogP contribution in [0.25, 0.3) is 0 Å². The Labute approximate surface area is 291 Å². The Morgan fingerprint density at radius 2 is 1.73 bits per heavy atom. The van der Waals surface area contributed by atoms with Crippen LogP contribution in [0, 0.1) is 28.1 Å². The number of ether oxygens (including phenoxy) is 2. The molecule has 4 bridgehead atoms. The van der Waals surface area contributed by atoms with E-state index in [9.17, 15) is 24.6 Å². The van der Waals surface area contributed by atoms with Gasteiger partial charge in [0.15, 0.2) is 11.5 Å². The van der Waals surface area contributed by atoms with Crippen molar-refractivity contribution in [3.8, 4) is 11.5 Å². The van der Waals surface area contributed by atoms with E-state index in [2.05, 4.69) is 42.4 Å². The molecule has 49 heavy (non-hydrogen) atoms. The summed E-state index contributed by atoms with van der Waals surface area (Å²) in [5.74, 6) is 0.871. The lowest BCUT2D eigenvalue weighted by Gasteiger charge is -2.75. The van der Waals surface area contributed by atoms with Gasteiger partial charge in [0.2, 0.25) is 11.8 Å². The van der Waals surface area contributed by atoms with Gasteiger partial charge >= 0.3 is 6.03 Å². The van der Waals surface area contributed by atoms with E-state index in [1.807, 2.05) is 27.0 Å². The molecule has 270 valence electrons. The molecule has 7 atom stereocenters. The van der Waals surface area contributed by atoms with Crippen molar-refractivity contribution in [1.82, 2.24) is 15.5 Å². The Hall–Kier alpha value is -2.69. The second kappa shape index (κ2) is 11.4. The molecule has 0 radical (unpaired) electrons. The molecule has 10 heteroatoms. The van der Waals surface area contributed by atoms with Crippen LogP contribution in [0.2, 0.25) is 0 Å². The third-order valence-corrected chi connectivity index (χ3v) is 14.7. The number of phenolic OH excluding ortho intramolecular Hbond substituents is 1. The minimum absolute atomic E-state index is 0.0294. The van der Waals surface area contributed by atoms with E-state index in [0.717, 1.165) is 57.4 Å². The highest BCUT2D eigenvalue weighted by Crippen LogP contribution is 2.78. The first-order chi connectivity index (χ1) is 23.1.